The van der Waals surface area contributed by atoms with E-state index >= 15 is 0 Å². The fourth-order valence-corrected chi connectivity index (χ4v) is 1.81. The van der Waals surface area contributed by atoms with E-state index in [-0.39, 0.29) is 11.9 Å². The van der Waals surface area contributed by atoms with Crippen molar-refractivity contribution in [2.45, 2.75) is 33.4 Å². The second-order valence-corrected chi connectivity index (χ2v) is 4.56. The van der Waals surface area contributed by atoms with Crippen LogP contribution in [0, 0.1) is 12.7 Å². The van der Waals surface area contributed by atoms with Gasteiger partial charge in [0, 0.05) is 18.2 Å². The van der Waals surface area contributed by atoms with Gasteiger partial charge in [0.1, 0.15) is 11.6 Å². The number of benzene rings is 1. The lowest BCUT2D eigenvalue weighted by Crippen LogP contribution is -2.07. The van der Waals surface area contributed by atoms with Crippen molar-refractivity contribution in [2.75, 3.05) is 0 Å². The predicted molar refractivity (Wildman–Crippen MR) is 71.7 cm³/mol. The quantitative estimate of drug-likeness (QED) is 0.921. The van der Waals surface area contributed by atoms with E-state index in [4.69, 9.17) is 10.5 Å². The summed E-state index contributed by atoms with van der Waals surface area (Å²) < 4.78 is 21.1. The number of nitrogens with two attached hydrogens (primary N) is 1. The summed E-state index contributed by atoms with van der Waals surface area (Å²) in [7, 11) is 0. The highest BCUT2D eigenvalue weighted by atomic mass is 19.1. The zero-order chi connectivity index (χ0) is 14.0. The van der Waals surface area contributed by atoms with Gasteiger partial charge >= 0.3 is 0 Å². The van der Waals surface area contributed by atoms with Crippen LogP contribution in [0.4, 0.5) is 4.39 Å². The first-order valence-electron chi connectivity index (χ1n) is 6.27. The van der Waals surface area contributed by atoms with Gasteiger partial charge in [0.25, 0.3) is 0 Å². The third-order valence-corrected chi connectivity index (χ3v) is 2.94. The van der Waals surface area contributed by atoms with Gasteiger partial charge in [-0.15, -0.1) is 0 Å². The van der Waals surface area contributed by atoms with Crippen LogP contribution >= 0.6 is 0 Å². The molecule has 19 heavy (non-hydrogen) atoms. The molecule has 2 N–H and O–H groups in total. The van der Waals surface area contributed by atoms with Crippen molar-refractivity contribution in [3.8, 4) is 11.5 Å². The van der Waals surface area contributed by atoms with Crippen LogP contribution in [-0.2, 0) is 6.54 Å². The summed E-state index contributed by atoms with van der Waals surface area (Å²) in [5.74, 6) is 0.920. The van der Waals surface area contributed by atoms with Crippen molar-refractivity contribution < 1.29 is 9.13 Å². The van der Waals surface area contributed by atoms with Crippen LogP contribution in [0.25, 0.3) is 0 Å². The Bertz CT molecular complexity index is 578. The van der Waals surface area contributed by atoms with Crippen molar-refractivity contribution in [3.05, 3.63) is 41.5 Å². The molecule has 0 unspecified atom stereocenters. The zero-order valence-corrected chi connectivity index (χ0v) is 11.4. The number of aryl methyl sites for hydroxylation is 2. The van der Waals surface area contributed by atoms with E-state index in [0.717, 1.165) is 6.54 Å². The number of aromatic nitrogens is 2. The zero-order valence-electron chi connectivity index (χ0n) is 11.4. The molecule has 4 nitrogen and oxygen atoms in total. The topological polar surface area (TPSA) is 53.1 Å². The summed E-state index contributed by atoms with van der Waals surface area (Å²) in [5, 5.41) is 4.13. The first-order chi connectivity index (χ1) is 9.01. The fraction of sp³-hybridized carbons (Fsp3) is 0.357. The van der Waals surface area contributed by atoms with Gasteiger partial charge in [-0.1, -0.05) is 0 Å². The Kier molecular flexibility index (Phi) is 3.85. The minimum absolute atomic E-state index is 0.274. The molecule has 1 atom stereocenters. The summed E-state index contributed by atoms with van der Waals surface area (Å²) in [6, 6.07) is 2.79. The second kappa shape index (κ2) is 5.40. The lowest BCUT2D eigenvalue weighted by atomic mass is 10.1. The van der Waals surface area contributed by atoms with Crippen molar-refractivity contribution in [3.63, 3.8) is 0 Å². The van der Waals surface area contributed by atoms with Gasteiger partial charge in [-0.2, -0.15) is 5.10 Å². The van der Waals surface area contributed by atoms with Crippen molar-refractivity contribution in [1.82, 2.24) is 9.78 Å². The molecule has 0 radical (unpaired) electrons. The average Bonchev–Trinajstić information content (AvgIpc) is 2.81. The average molecular weight is 263 g/mol. The van der Waals surface area contributed by atoms with E-state index in [1.54, 1.807) is 37.0 Å². The minimum Gasteiger partial charge on any atom is -0.454 e. The van der Waals surface area contributed by atoms with E-state index in [9.17, 15) is 4.39 Å². The molecule has 0 bridgehead atoms. The Hall–Kier alpha value is -1.88. The van der Waals surface area contributed by atoms with Gasteiger partial charge in [-0.25, -0.2) is 4.39 Å². The first kappa shape index (κ1) is 13.5. The molecular weight excluding hydrogens is 245 g/mol. The predicted octanol–water partition coefficient (Wildman–Crippen LogP) is 3.16. The largest absolute Gasteiger partial charge is 0.454 e. The molecule has 2 rings (SSSR count). The molecule has 1 aromatic carbocycles. The maximum Gasteiger partial charge on any atom is 0.165 e. The van der Waals surface area contributed by atoms with Crippen LogP contribution in [0.1, 0.15) is 31.0 Å². The standard InChI is InChI=1S/C14H18FN3O/c1-4-18-8-11(7-17-18)19-14-5-9(2)13(15)6-12(14)10(3)16/h5-8,10H,4,16H2,1-3H3/t10-/m0/s1. The highest BCUT2D eigenvalue weighted by Gasteiger charge is 2.13. The van der Waals surface area contributed by atoms with Crippen LogP contribution in [0.3, 0.4) is 0 Å². The molecule has 102 valence electrons. The molecular formula is C14H18FN3O. The van der Waals surface area contributed by atoms with Gasteiger partial charge < -0.3 is 10.5 Å². The summed E-state index contributed by atoms with van der Waals surface area (Å²) >= 11 is 0. The van der Waals surface area contributed by atoms with Gasteiger partial charge in [0.15, 0.2) is 5.75 Å². The van der Waals surface area contributed by atoms with E-state index < -0.39 is 0 Å². The van der Waals surface area contributed by atoms with E-state index in [2.05, 4.69) is 5.10 Å². The highest BCUT2D eigenvalue weighted by molar-refractivity contribution is 5.42. The highest BCUT2D eigenvalue weighted by Crippen LogP contribution is 2.31. The van der Waals surface area contributed by atoms with Crippen molar-refractivity contribution >= 4 is 0 Å². The minimum atomic E-state index is -0.300. The molecule has 5 heteroatoms. The monoisotopic (exact) mass is 263 g/mol. The van der Waals surface area contributed by atoms with Gasteiger partial charge in [0.2, 0.25) is 0 Å². The lowest BCUT2D eigenvalue weighted by Gasteiger charge is -2.14. The van der Waals surface area contributed by atoms with Crippen LogP contribution < -0.4 is 10.5 Å². The Morgan fingerprint density at radius 3 is 2.79 bits per heavy atom. The number of ether oxygens (including phenoxy) is 1. The third-order valence-electron chi connectivity index (χ3n) is 2.94. The molecule has 0 spiro atoms. The van der Waals surface area contributed by atoms with E-state index in [1.807, 2.05) is 6.92 Å². The van der Waals surface area contributed by atoms with Crippen LogP contribution in [0.5, 0.6) is 11.5 Å². The molecule has 0 fully saturated rings. The Morgan fingerprint density at radius 1 is 1.47 bits per heavy atom. The normalized spacial score (nSPS) is 12.5. The van der Waals surface area contributed by atoms with E-state index in [0.29, 0.717) is 22.6 Å². The number of hydrogen-bond acceptors (Lipinski definition) is 3. The number of rotatable bonds is 4. The molecule has 0 saturated heterocycles. The number of hydrogen-bond donors (Lipinski definition) is 1. The summed E-state index contributed by atoms with van der Waals surface area (Å²) in [6.45, 7) is 6.26. The smallest absolute Gasteiger partial charge is 0.165 e. The molecule has 0 aliphatic heterocycles. The van der Waals surface area contributed by atoms with Crippen LogP contribution in [-0.4, -0.2) is 9.78 Å². The molecule has 2 aromatic rings. The maximum absolute atomic E-state index is 13.6. The van der Waals surface area contributed by atoms with Crippen LogP contribution in [0.2, 0.25) is 0 Å². The van der Waals surface area contributed by atoms with Gasteiger partial charge in [-0.3, -0.25) is 4.68 Å². The molecule has 1 aromatic heterocycles. The first-order valence-corrected chi connectivity index (χ1v) is 6.27. The maximum atomic E-state index is 13.6. The lowest BCUT2D eigenvalue weighted by molar-refractivity contribution is 0.467. The Morgan fingerprint density at radius 2 is 2.21 bits per heavy atom. The number of nitrogens with zero attached hydrogens (tertiary/aromatic N) is 2. The summed E-state index contributed by atoms with van der Waals surface area (Å²) in [6.07, 6.45) is 3.43. The van der Waals surface area contributed by atoms with Crippen molar-refractivity contribution in [2.24, 2.45) is 5.73 Å². The fourth-order valence-electron chi connectivity index (χ4n) is 1.81. The van der Waals surface area contributed by atoms with Gasteiger partial charge in [0.05, 0.1) is 12.4 Å². The molecule has 0 saturated carbocycles. The summed E-state index contributed by atoms with van der Waals surface area (Å²) in [4.78, 5) is 0. The Labute approximate surface area is 112 Å². The Balaban J connectivity index is 2.35. The number of halogens is 1. The van der Waals surface area contributed by atoms with Crippen LogP contribution in [0.15, 0.2) is 24.5 Å². The third kappa shape index (κ3) is 2.93. The molecule has 0 amide bonds. The van der Waals surface area contributed by atoms with E-state index in [1.165, 1.54) is 6.07 Å². The molecule has 0 aliphatic rings. The molecule has 1 heterocycles. The van der Waals surface area contributed by atoms with Crippen molar-refractivity contribution in [1.29, 1.82) is 0 Å². The summed E-state index contributed by atoms with van der Waals surface area (Å²) in [5.41, 5.74) is 7.03. The molecule has 0 aliphatic carbocycles. The van der Waals surface area contributed by atoms with Gasteiger partial charge in [-0.05, 0) is 38.5 Å². The SMILES string of the molecule is CCn1cc(Oc2cc(C)c(F)cc2[C@H](C)N)cn1. The second-order valence-electron chi connectivity index (χ2n) is 4.56.